The summed E-state index contributed by atoms with van der Waals surface area (Å²) in [6.45, 7) is 4.43. The lowest BCUT2D eigenvalue weighted by atomic mass is 10.1. The molecule has 7 heteroatoms. The maximum Gasteiger partial charge on any atom is 0.261 e. The number of carbonyl (C=O) groups excluding carboxylic acids is 2. The third kappa shape index (κ3) is 7.26. The molecule has 2 amide bonds. The summed E-state index contributed by atoms with van der Waals surface area (Å²) in [7, 11) is 0. The van der Waals surface area contributed by atoms with Gasteiger partial charge in [0.25, 0.3) is 5.91 Å². The minimum absolute atomic E-state index is 0.188. The second-order valence-electron chi connectivity index (χ2n) is 6.69. The van der Waals surface area contributed by atoms with Crippen LogP contribution in [0.15, 0.2) is 48.5 Å². The summed E-state index contributed by atoms with van der Waals surface area (Å²) in [6, 6.07) is 13.7. The summed E-state index contributed by atoms with van der Waals surface area (Å²) in [5.74, 6) is -0.130. The lowest BCUT2D eigenvalue weighted by Crippen LogP contribution is -2.49. The molecule has 2 aromatic rings. The molecule has 0 aliphatic carbocycles. The molecule has 0 saturated carbocycles. The zero-order valence-electron chi connectivity index (χ0n) is 16.7. The molecule has 1 N–H and O–H groups in total. The van der Waals surface area contributed by atoms with Crippen molar-refractivity contribution in [3.8, 4) is 5.75 Å². The molecule has 0 aliphatic heterocycles. The molecule has 156 valence electrons. The first-order chi connectivity index (χ1) is 13.9. The number of benzene rings is 2. The van der Waals surface area contributed by atoms with Crippen LogP contribution in [0.25, 0.3) is 0 Å². The lowest BCUT2D eigenvalue weighted by molar-refractivity contribution is -0.142. The van der Waals surface area contributed by atoms with E-state index in [4.69, 9.17) is 27.9 Å². The number of amides is 2. The number of hydrogen-bond donors (Lipinski definition) is 1. The molecule has 1 atom stereocenters. The van der Waals surface area contributed by atoms with Gasteiger partial charge in [0.15, 0.2) is 6.61 Å². The smallest absolute Gasteiger partial charge is 0.261 e. The van der Waals surface area contributed by atoms with E-state index in [1.54, 1.807) is 25.1 Å². The van der Waals surface area contributed by atoms with Crippen LogP contribution in [0.5, 0.6) is 5.75 Å². The molecule has 0 spiro atoms. The van der Waals surface area contributed by atoms with E-state index in [1.165, 1.54) is 4.90 Å². The van der Waals surface area contributed by atoms with Crippen molar-refractivity contribution in [3.05, 3.63) is 64.1 Å². The molecule has 0 saturated heterocycles. The fourth-order valence-electron chi connectivity index (χ4n) is 2.71. The van der Waals surface area contributed by atoms with Crippen LogP contribution in [0.2, 0.25) is 10.0 Å². The van der Waals surface area contributed by atoms with Crippen LogP contribution in [0.3, 0.4) is 0 Å². The van der Waals surface area contributed by atoms with E-state index in [2.05, 4.69) is 12.2 Å². The van der Waals surface area contributed by atoms with Gasteiger partial charge in [-0.25, -0.2) is 0 Å². The van der Waals surface area contributed by atoms with Gasteiger partial charge in [0.05, 0.1) is 5.02 Å². The molecule has 0 aromatic heterocycles. The molecule has 0 heterocycles. The first kappa shape index (κ1) is 23.0. The summed E-state index contributed by atoms with van der Waals surface area (Å²) in [5, 5.41) is 3.69. The third-order valence-electron chi connectivity index (χ3n) is 4.44. The van der Waals surface area contributed by atoms with Crippen molar-refractivity contribution >= 4 is 35.0 Å². The summed E-state index contributed by atoms with van der Waals surface area (Å²) >= 11 is 12.0. The maximum absolute atomic E-state index is 12.9. The molecule has 0 aliphatic rings. The average molecular weight is 437 g/mol. The largest absolute Gasteiger partial charge is 0.482 e. The highest BCUT2D eigenvalue weighted by molar-refractivity contribution is 6.35. The topological polar surface area (TPSA) is 58.6 Å². The standard InChI is InChI=1S/C22H26Cl2N2O3/c1-3-4-12-25-22(28)16(2)26(14-17-8-6-5-7-9-17)21(27)15-29-20-11-10-18(23)13-19(20)24/h5-11,13,16H,3-4,12,14-15H2,1-2H3,(H,25,28)/t16-/m1/s1. The Balaban J connectivity index is 2.10. The average Bonchev–Trinajstić information content (AvgIpc) is 2.71. The summed E-state index contributed by atoms with van der Waals surface area (Å²) in [6.07, 6.45) is 1.88. The van der Waals surface area contributed by atoms with Crippen LogP contribution in [0.1, 0.15) is 32.3 Å². The Morgan fingerprint density at radius 3 is 2.52 bits per heavy atom. The Bertz CT molecular complexity index is 815. The van der Waals surface area contributed by atoms with Gasteiger partial charge in [-0.05, 0) is 37.1 Å². The molecule has 0 bridgehead atoms. The Morgan fingerprint density at radius 2 is 1.86 bits per heavy atom. The number of unbranched alkanes of at least 4 members (excludes halogenated alkanes) is 1. The van der Waals surface area contributed by atoms with Crippen LogP contribution < -0.4 is 10.1 Å². The van der Waals surface area contributed by atoms with Gasteiger partial charge in [0.1, 0.15) is 11.8 Å². The van der Waals surface area contributed by atoms with Crippen molar-refractivity contribution in [2.24, 2.45) is 0 Å². The molecule has 5 nitrogen and oxygen atoms in total. The highest BCUT2D eigenvalue weighted by Gasteiger charge is 2.26. The van der Waals surface area contributed by atoms with Crippen molar-refractivity contribution in [2.75, 3.05) is 13.2 Å². The summed E-state index contributed by atoms with van der Waals surface area (Å²) in [4.78, 5) is 27.0. The zero-order valence-corrected chi connectivity index (χ0v) is 18.2. The lowest BCUT2D eigenvalue weighted by Gasteiger charge is -2.28. The predicted molar refractivity (Wildman–Crippen MR) is 116 cm³/mol. The number of nitrogens with one attached hydrogen (secondary N) is 1. The van der Waals surface area contributed by atoms with Crippen LogP contribution in [-0.4, -0.2) is 35.9 Å². The van der Waals surface area contributed by atoms with E-state index < -0.39 is 6.04 Å². The van der Waals surface area contributed by atoms with Crippen molar-refractivity contribution in [1.29, 1.82) is 0 Å². The third-order valence-corrected chi connectivity index (χ3v) is 4.97. The Morgan fingerprint density at radius 1 is 1.14 bits per heavy atom. The fraction of sp³-hybridized carbons (Fsp3) is 0.364. The summed E-state index contributed by atoms with van der Waals surface area (Å²) in [5.41, 5.74) is 0.929. The molecule has 2 aromatic carbocycles. The molecule has 2 rings (SSSR count). The predicted octanol–water partition coefficient (Wildman–Crippen LogP) is 4.71. The highest BCUT2D eigenvalue weighted by atomic mass is 35.5. The van der Waals surface area contributed by atoms with Crippen LogP contribution in [-0.2, 0) is 16.1 Å². The second-order valence-corrected chi connectivity index (χ2v) is 7.53. The van der Waals surface area contributed by atoms with E-state index in [1.807, 2.05) is 30.3 Å². The van der Waals surface area contributed by atoms with Gasteiger partial charge in [-0.3, -0.25) is 9.59 Å². The molecular formula is C22H26Cl2N2O3. The van der Waals surface area contributed by atoms with Crippen molar-refractivity contribution < 1.29 is 14.3 Å². The maximum atomic E-state index is 12.9. The fourth-order valence-corrected chi connectivity index (χ4v) is 3.18. The number of rotatable bonds is 10. The van der Waals surface area contributed by atoms with E-state index in [-0.39, 0.29) is 18.4 Å². The first-order valence-corrected chi connectivity index (χ1v) is 10.4. The monoisotopic (exact) mass is 436 g/mol. The molecule has 0 unspecified atom stereocenters. The number of nitrogens with zero attached hydrogens (tertiary/aromatic N) is 1. The highest BCUT2D eigenvalue weighted by Crippen LogP contribution is 2.27. The van der Waals surface area contributed by atoms with Gasteiger partial charge in [-0.15, -0.1) is 0 Å². The Hall–Kier alpha value is -2.24. The number of carbonyl (C=O) groups is 2. The van der Waals surface area contributed by atoms with E-state index in [0.29, 0.717) is 28.9 Å². The normalized spacial score (nSPS) is 11.6. The van der Waals surface area contributed by atoms with Gasteiger partial charge in [-0.2, -0.15) is 0 Å². The van der Waals surface area contributed by atoms with Gasteiger partial charge in [0.2, 0.25) is 5.91 Å². The number of hydrogen-bond acceptors (Lipinski definition) is 3. The van der Waals surface area contributed by atoms with Crippen LogP contribution >= 0.6 is 23.2 Å². The van der Waals surface area contributed by atoms with Gasteiger partial charge < -0.3 is 15.0 Å². The van der Waals surface area contributed by atoms with E-state index in [0.717, 1.165) is 18.4 Å². The zero-order chi connectivity index (χ0) is 21.2. The quantitative estimate of drug-likeness (QED) is 0.548. The minimum Gasteiger partial charge on any atom is -0.482 e. The molecular weight excluding hydrogens is 411 g/mol. The first-order valence-electron chi connectivity index (χ1n) is 9.61. The Kier molecular flexibility index (Phi) is 9.29. The Labute approximate surface area is 181 Å². The minimum atomic E-state index is -0.635. The van der Waals surface area contributed by atoms with Gasteiger partial charge in [-0.1, -0.05) is 66.9 Å². The van der Waals surface area contributed by atoms with Gasteiger partial charge in [0, 0.05) is 18.1 Å². The van der Waals surface area contributed by atoms with Crippen LogP contribution in [0.4, 0.5) is 0 Å². The summed E-state index contributed by atoms with van der Waals surface area (Å²) < 4.78 is 5.59. The number of halogens is 2. The van der Waals surface area contributed by atoms with Crippen molar-refractivity contribution in [3.63, 3.8) is 0 Å². The molecule has 0 fully saturated rings. The SMILES string of the molecule is CCCCNC(=O)[C@@H](C)N(Cc1ccccc1)C(=O)COc1ccc(Cl)cc1Cl. The van der Waals surface area contributed by atoms with E-state index in [9.17, 15) is 9.59 Å². The van der Waals surface area contributed by atoms with Crippen molar-refractivity contribution in [2.45, 2.75) is 39.3 Å². The molecule has 29 heavy (non-hydrogen) atoms. The number of ether oxygens (including phenoxy) is 1. The van der Waals surface area contributed by atoms with Crippen molar-refractivity contribution in [1.82, 2.24) is 10.2 Å². The van der Waals surface area contributed by atoms with Gasteiger partial charge >= 0.3 is 0 Å². The van der Waals surface area contributed by atoms with Crippen LogP contribution in [0, 0.1) is 0 Å². The van der Waals surface area contributed by atoms with E-state index >= 15 is 0 Å². The second kappa shape index (κ2) is 11.7. The molecule has 0 radical (unpaired) electrons.